The molecule has 0 amide bonds. The smallest absolute Gasteiger partial charge is 0.126 e. The molecule has 0 bridgehead atoms. The van der Waals surface area contributed by atoms with Crippen LogP contribution in [0.3, 0.4) is 0 Å². The van der Waals surface area contributed by atoms with Gasteiger partial charge < -0.3 is 19.5 Å². The van der Waals surface area contributed by atoms with Gasteiger partial charge in [0.15, 0.2) is 0 Å². The molecule has 0 radical (unpaired) electrons. The van der Waals surface area contributed by atoms with Crippen LogP contribution in [0.5, 0.6) is 5.75 Å². The molecule has 0 saturated carbocycles. The Kier molecular flexibility index (Phi) is 4.66. The fourth-order valence-corrected chi connectivity index (χ4v) is 2.62. The zero-order valence-corrected chi connectivity index (χ0v) is 11.9. The van der Waals surface area contributed by atoms with Crippen LogP contribution in [0.1, 0.15) is 31.9 Å². The minimum absolute atomic E-state index is 0.204. The molecule has 2 atom stereocenters. The van der Waals surface area contributed by atoms with Crippen molar-refractivity contribution in [1.82, 2.24) is 0 Å². The predicted octanol–water partition coefficient (Wildman–Crippen LogP) is 2.36. The number of hydrogen-bond donors (Lipinski definition) is 1. The summed E-state index contributed by atoms with van der Waals surface area (Å²) in [5.74, 6) is 0.741. The van der Waals surface area contributed by atoms with Gasteiger partial charge >= 0.3 is 0 Å². The first kappa shape index (κ1) is 14.2. The fourth-order valence-electron chi connectivity index (χ4n) is 2.62. The molecule has 1 aliphatic heterocycles. The van der Waals surface area contributed by atoms with Crippen molar-refractivity contribution >= 4 is 5.69 Å². The van der Waals surface area contributed by atoms with Gasteiger partial charge in [-0.1, -0.05) is 6.07 Å². The molecule has 0 aromatic heterocycles. The quantitative estimate of drug-likeness (QED) is 0.911. The van der Waals surface area contributed by atoms with Crippen molar-refractivity contribution in [3.63, 3.8) is 0 Å². The Bertz CT molecular complexity index is 420. The second-order valence-electron chi connectivity index (χ2n) is 5.05. The van der Waals surface area contributed by atoms with Gasteiger partial charge in [-0.05, 0) is 32.4 Å². The van der Waals surface area contributed by atoms with Crippen molar-refractivity contribution in [1.29, 1.82) is 0 Å². The average molecular weight is 265 g/mol. The Morgan fingerprint density at radius 2 is 2.26 bits per heavy atom. The number of rotatable bonds is 3. The van der Waals surface area contributed by atoms with E-state index in [2.05, 4.69) is 11.8 Å². The summed E-state index contributed by atoms with van der Waals surface area (Å²) < 4.78 is 11.1. The lowest BCUT2D eigenvalue weighted by atomic mass is 10.1. The first-order valence-electron chi connectivity index (χ1n) is 6.85. The van der Waals surface area contributed by atoms with E-state index in [0.717, 1.165) is 43.1 Å². The number of benzene rings is 1. The Morgan fingerprint density at radius 3 is 2.95 bits per heavy atom. The lowest BCUT2D eigenvalue weighted by Gasteiger charge is -2.28. The van der Waals surface area contributed by atoms with Crippen LogP contribution in [0.4, 0.5) is 5.69 Å². The van der Waals surface area contributed by atoms with Crippen molar-refractivity contribution in [2.24, 2.45) is 0 Å². The molecule has 0 aliphatic carbocycles. The SMILES string of the molecule is COc1cccc(N2CCCOC(C)C2)c1C(C)O. The average Bonchev–Trinajstić information content (AvgIpc) is 2.62. The second-order valence-corrected chi connectivity index (χ2v) is 5.05. The first-order chi connectivity index (χ1) is 9.13. The summed E-state index contributed by atoms with van der Waals surface area (Å²) in [4.78, 5) is 2.28. The number of methoxy groups -OCH3 is 1. The van der Waals surface area contributed by atoms with Crippen LogP contribution in [0.2, 0.25) is 0 Å². The van der Waals surface area contributed by atoms with Gasteiger partial charge in [-0.3, -0.25) is 0 Å². The fraction of sp³-hybridized carbons (Fsp3) is 0.600. The third-order valence-corrected chi connectivity index (χ3v) is 3.47. The Labute approximate surface area is 114 Å². The van der Waals surface area contributed by atoms with Crippen LogP contribution >= 0.6 is 0 Å². The molecule has 1 aromatic rings. The van der Waals surface area contributed by atoms with Crippen LogP contribution in [-0.4, -0.2) is 38.0 Å². The largest absolute Gasteiger partial charge is 0.496 e. The molecular weight excluding hydrogens is 242 g/mol. The maximum Gasteiger partial charge on any atom is 0.126 e. The van der Waals surface area contributed by atoms with E-state index in [1.807, 2.05) is 18.2 Å². The third-order valence-electron chi connectivity index (χ3n) is 3.47. The molecular formula is C15H23NO3. The van der Waals surface area contributed by atoms with E-state index in [4.69, 9.17) is 9.47 Å². The maximum atomic E-state index is 10.0. The van der Waals surface area contributed by atoms with Crippen LogP contribution in [0.25, 0.3) is 0 Å². The Morgan fingerprint density at radius 1 is 1.47 bits per heavy atom. The summed E-state index contributed by atoms with van der Waals surface area (Å²) in [5, 5.41) is 10.0. The lowest BCUT2D eigenvalue weighted by molar-refractivity contribution is 0.0820. The van der Waals surface area contributed by atoms with Crippen LogP contribution in [0.15, 0.2) is 18.2 Å². The zero-order valence-electron chi connectivity index (χ0n) is 11.9. The second kappa shape index (κ2) is 6.26. The minimum Gasteiger partial charge on any atom is -0.496 e. The number of anilines is 1. The van der Waals surface area contributed by atoms with Gasteiger partial charge in [0.1, 0.15) is 5.75 Å². The highest BCUT2D eigenvalue weighted by Gasteiger charge is 2.21. The van der Waals surface area contributed by atoms with Crippen molar-refractivity contribution in [3.8, 4) is 5.75 Å². The molecule has 4 heteroatoms. The zero-order chi connectivity index (χ0) is 13.8. The summed E-state index contributed by atoms with van der Waals surface area (Å²) in [6.07, 6.45) is 0.655. The Hall–Kier alpha value is -1.26. The van der Waals surface area contributed by atoms with Gasteiger partial charge in [0, 0.05) is 30.9 Å². The molecule has 0 spiro atoms. The van der Waals surface area contributed by atoms with Crippen molar-refractivity contribution < 1.29 is 14.6 Å². The summed E-state index contributed by atoms with van der Waals surface area (Å²) in [5.41, 5.74) is 1.91. The molecule has 1 aliphatic rings. The third kappa shape index (κ3) is 3.19. The molecule has 19 heavy (non-hydrogen) atoms. The van der Waals surface area contributed by atoms with Crippen molar-refractivity contribution in [2.45, 2.75) is 32.5 Å². The van der Waals surface area contributed by atoms with E-state index in [0.29, 0.717) is 0 Å². The minimum atomic E-state index is -0.550. The van der Waals surface area contributed by atoms with Crippen LogP contribution < -0.4 is 9.64 Å². The highest BCUT2D eigenvalue weighted by atomic mass is 16.5. The highest BCUT2D eigenvalue weighted by Crippen LogP contribution is 2.35. The standard InChI is InChI=1S/C15H23NO3/c1-11-10-16(8-5-9-19-11)13-6-4-7-14(18-3)15(13)12(2)17/h4,6-7,11-12,17H,5,8-10H2,1-3H3. The summed E-state index contributed by atoms with van der Waals surface area (Å²) >= 11 is 0. The summed E-state index contributed by atoms with van der Waals surface area (Å²) in [7, 11) is 1.64. The summed E-state index contributed by atoms with van der Waals surface area (Å²) in [6.45, 7) is 6.44. The highest BCUT2D eigenvalue weighted by molar-refractivity contribution is 5.60. The normalized spacial score (nSPS) is 21.9. The lowest BCUT2D eigenvalue weighted by Crippen LogP contribution is -2.31. The number of aliphatic hydroxyl groups excluding tert-OH is 1. The van der Waals surface area contributed by atoms with Gasteiger partial charge in [0.05, 0.1) is 19.3 Å². The van der Waals surface area contributed by atoms with Gasteiger partial charge in [-0.15, -0.1) is 0 Å². The molecule has 2 rings (SSSR count). The van der Waals surface area contributed by atoms with Gasteiger partial charge in [-0.25, -0.2) is 0 Å². The maximum absolute atomic E-state index is 10.0. The molecule has 4 nitrogen and oxygen atoms in total. The van der Waals surface area contributed by atoms with E-state index in [1.165, 1.54) is 0 Å². The monoisotopic (exact) mass is 265 g/mol. The molecule has 1 saturated heterocycles. The number of aliphatic hydroxyl groups is 1. The number of nitrogens with zero attached hydrogens (tertiary/aromatic N) is 1. The van der Waals surface area contributed by atoms with E-state index >= 15 is 0 Å². The van der Waals surface area contributed by atoms with E-state index in [-0.39, 0.29) is 6.10 Å². The number of hydrogen-bond acceptors (Lipinski definition) is 4. The van der Waals surface area contributed by atoms with E-state index in [9.17, 15) is 5.11 Å². The molecule has 1 N–H and O–H groups in total. The van der Waals surface area contributed by atoms with Gasteiger partial charge in [-0.2, -0.15) is 0 Å². The Balaban J connectivity index is 2.37. The van der Waals surface area contributed by atoms with Crippen molar-refractivity contribution in [3.05, 3.63) is 23.8 Å². The van der Waals surface area contributed by atoms with Crippen LogP contribution in [-0.2, 0) is 4.74 Å². The predicted molar refractivity (Wildman–Crippen MR) is 75.9 cm³/mol. The number of ether oxygens (including phenoxy) is 2. The molecule has 106 valence electrons. The first-order valence-corrected chi connectivity index (χ1v) is 6.85. The van der Waals surface area contributed by atoms with Crippen molar-refractivity contribution in [2.75, 3.05) is 31.7 Å². The molecule has 1 fully saturated rings. The van der Waals surface area contributed by atoms with E-state index in [1.54, 1.807) is 14.0 Å². The van der Waals surface area contributed by atoms with Gasteiger partial charge in [0.25, 0.3) is 0 Å². The van der Waals surface area contributed by atoms with Gasteiger partial charge in [0.2, 0.25) is 0 Å². The molecule has 2 unspecified atom stereocenters. The topological polar surface area (TPSA) is 41.9 Å². The molecule has 1 aromatic carbocycles. The molecule has 1 heterocycles. The van der Waals surface area contributed by atoms with E-state index < -0.39 is 6.10 Å². The van der Waals surface area contributed by atoms with Crippen LogP contribution in [0, 0.1) is 0 Å². The summed E-state index contributed by atoms with van der Waals surface area (Å²) in [6, 6.07) is 5.91.